The van der Waals surface area contributed by atoms with Crippen molar-refractivity contribution in [1.82, 2.24) is 0 Å². The molecule has 1 fully saturated rings. The fraction of sp³-hybridized carbons (Fsp3) is 0.167. The lowest BCUT2D eigenvalue weighted by Crippen LogP contribution is -2.10. The summed E-state index contributed by atoms with van der Waals surface area (Å²) < 4.78 is 1.64. The van der Waals surface area contributed by atoms with Crippen molar-refractivity contribution >= 4 is 56.5 Å². The summed E-state index contributed by atoms with van der Waals surface area (Å²) in [4.78, 5) is 13.3. The van der Waals surface area contributed by atoms with Gasteiger partial charge in [0.05, 0.1) is 9.46 Å². The number of anilines is 1. The van der Waals surface area contributed by atoms with Gasteiger partial charge in [-0.15, -0.1) is 34.9 Å². The van der Waals surface area contributed by atoms with Gasteiger partial charge in [0.15, 0.2) is 0 Å². The van der Waals surface area contributed by atoms with Gasteiger partial charge in [0.25, 0.3) is 5.91 Å². The van der Waals surface area contributed by atoms with Crippen LogP contribution in [-0.4, -0.2) is 17.4 Å². The van der Waals surface area contributed by atoms with Crippen LogP contribution in [0.5, 0.6) is 0 Å². The molecule has 3 aromatic rings. The van der Waals surface area contributed by atoms with Gasteiger partial charge in [-0.3, -0.25) is 4.79 Å². The Morgan fingerprint density at radius 3 is 2.65 bits per heavy atom. The molecule has 1 saturated heterocycles. The largest absolute Gasteiger partial charge is 0.321 e. The predicted molar refractivity (Wildman–Crippen MR) is 104 cm³/mol. The number of carbonyl (C=O) groups excluding carboxylic acids is 1. The van der Waals surface area contributed by atoms with Crippen molar-refractivity contribution in [1.29, 1.82) is 0 Å². The molecule has 1 amide bonds. The number of thiophene rings is 1. The van der Waals surface area contributed by atoms with Crippen molar-refractivity contribution < 1.29 is 4.79 Å². The Balaban J connectivity index is 1.55. The van der Waals surface area contributed by atoms with Gasteiger partial charge in [-0.1, -0.05) is 30.3 Å². The Hall–Kier alpha value is -1.43. The molecule has 2 aromatic carbocycles. The highest BCUT2D eigenvalue weighted by molar-refractivity contribution is 8.19. The van der Waals surface area contributed by atoms with Crippen LogP contribution >= 0.6 is 34.9 Å². The third kappa shape index (κ3) is 3.27. The van der Waals surface area contributed by atoms with Crippen LogP contribution in [0.4, 0.5) is 5.69 Å². The molecule has 4 rings (SSSR count). The van der Waals surface area contributed by atoms with Crippen LogP contribution in [0.15, 0.2) is 54.6 Å². The molecule has 1 aromatic heterocycles. The molecule has 23 heavy (non-hydrogen) atoms. The highest BCUT2D eigenvalue weighted by Gasteiger charge is 2.18. The lowest BCUT2D eigenvalue weighted by atomic mass is 10.2. The SMILES string of the molecule is O=C(Nc1cccc(C2SCCS2)c1)c1cc2ccccc2s1. The minimum atomic E-state index is -0.0323. The predicted octanol–water partition coefficient (Wildman–Crippen LogP) is 5.63. The number of carbonyl (C=O) groups is 1. The molecule has 0 spiro atoms. The van der Waals surface area contributed by atoms with Crippen LogP contribution in [0.1, 0.15) is 19.8 Å². The summed E-state index contributed by atoms with van der Waals surface area (Å²) in [5.41, 5.74) is 2.16. The second-order valence-electron chi connectivity index (χ2n) is 5.30. The minimum Gasteiger partial charge on any atom is -0.321 e. The average molecular weight is 358 g/mol. The summed E-state index contributed by atoms with van der Waals surface area (Å²) in [5.74, 6) is 2.37. The van der Waals surface area contributed by atoms with Gasteiger partial charge in [0.2, 0.25) is 0 Å². The summed E-state index contributed by atoms with van der Waals surface area (Å²) in [5, 5.41) is 4.16. The van der Waals surface area contributed by atoms with Crippen LogP contribution in [-0.2, 0) is 0 Å². The molecule has 0 saturated carbocycles. The first-order chi connectivity index (χ1) is 11.3. The highest BCUT2D eigenvalue weighted by Crippen LogP contribution is 2.45. The first kappa shape index (κ1) is 15.1. The normalized spacial score (nSPS) is 15.1. The number of nitrogens with one attached hydrogen (secondary N) is 1. The summed E-state index contributed by atoms with van der Waals surface area (Å²) in [6, 6.07) is 18.3. The molecule has 5 heteroatoms. The van der Waals surface area contributed by atoms with E-state index in [0.29, 0.717) is 4.58 Å². The molecule has 1 N–H and O–H groups in total. The second-order valence-corrected chi connectivity index (χ2v) is 9.11. The zero-order valence-corrected chi connectivity index (χ0v) is 14.8. The molecule has 2 nitrogen and oxygen atoms in total. The summed E-state index contributed by atoms with van der Waals surface area (Å²) in [6.45, 7) is 0. The number of rotatable bonds is 3. The van der Waals surface area contributed by atoms with Crippen molar-refractivity contribution in [2.24, 2.45) is 0 Å². The van der Waals surface area contributed by atoms with E-state index in [2.05, 4.69) is 17.4 Å². The molecule has 0 atom stereocenters. The van der Waals surface area contributed by atoms with Crippen molar-refractivity contribution in [2.75, 3.05) is 16.8 Å². The molecule has 1 aliphatic rings. The topological polar surface area (TPSA) is 29.1 Å². The maximum atomic E-state index is 12.5. The Bertz CT molecular complexity index is 819. The van der Waals surface area contributed by atoms with Crippen molar-refractivity contribution in [2.45, 2.75) is 4.58 Å². The van der Waals surface area contributed by atoms with Gasteiger partial charge < -0.3 is 5.32 Å². The Morgan fingerprint density at radius 2 is 1.83 bits per heavy atom. The van der Waals surface area contributed by atoms with E-state index in [1.165, 1.54) is 28.4 Å². The summed E-state index contributed by atoms with van der Waals surface area (Å²) >= 11 is 5.48. The first-order valence-electron chi connectivity index (χ1n) is 7.43. The van der Waals surface area contributed by atoms with Gasteiger partial charge >= 0.3 is 0 Å². The summed E-state index contributed by atoms with van der Waals surface area (Å²) in [6.07, 6.45) is 0. The average Bonchev–Trinajstić information content (AvgIpc) is 3.24. The summed E-state index contributed by atoms with van der Waals surface area (Å²) in [7, 11) is 0. The molecule has 0 aliphatic carbocycles. The van der Waals surface area contributed by atoms with E-state index in [-0.39, 0.29) is 5.91 Å². The lowest BCUT2D eigenvalue weighted by Gasteiger charge is -2.10. The van der Waals surface area contributed by atoms with Gasteiger partial charge in [-0.25, -0.2) is 0 Å². The molecule has 2 heterocycles. The number of hydrogen-bond donors (Lipinski definition) is 1. The minimum absolute atomic E-state index is 0.0323. The monoisotopic (exact) mass is 357 g/mol. The maximum absolute atomic E-state index is 12.5. The molecular weight excluding hydrogens is 342 g/mol. The fourth-order valence-electron chi connectivity index (χ4n) is 2.60. The Morgan fingerprint density at radius 1 is 1.00 bits per heavy atom. The second kappa shape index (κ2) is 6.59. The van der Waals surface area contributed by atoms with Gasteiger partial charge in [-0.2, -0.15) is 0 Å². The van der Waals surface area contributed by atoms with Crippen LogP contribution in [0.25, 0.3) is 10.1 Å². The zero-order valence-electron chi connectivity index (χ0n) is 12.3. The number of thioether (sulfide) groups is 2. The Labute approximate surface area is 147 Å². The number of amides is 1. The molecule has 0 unspecified atom stereocenters. The van der Waals surface area contributed by atoms with Crippen molar-refractivity contribution in [3.8, 4) is 0 Å². The van der Waals surface area contributed by atoms with Crippen molar-refractivity contribution in [3.05, 3.63) is 65.0 Å². The van der Waals surface area contributed by atoms with E-state index in [1.54, 1.807) is 0 Å². The van der Waals surface area contributed by atoms with Gasteiger partial charge in [-0.05, 0) is 35.2 Å². The molecule has 1 aliphatic heterocycles. The number of benzene rings is 2. The number of fused-ring (bicyclic) bond motifs is 1. The van der Waals surface area contributed by atoms with E-state index < -0.39 is 0 Å². The Kier molecular flexibility index (Phi) is 4.33. The van der Waals surface area contributed by atoms with Gasteiger partial charge in [0.1, 0.15) is 0 Å². The van der Waals surface area contributed by atoms with Crippen LogP contribution in [0.3, 0.4) is 0 Å². The van der Waals surface area contributed by atoms with Crippen LogP contribution in [0.2, 0.25) is 0 Å². The molecule has 116 valence electrons. The third-order valence-corrected chi connectivity index (χ3v) is 7.91. The maximum Gasteiger partial charge on any atom is 0.265 e. The smallest absolute Gasteiger partial charge is 0.265 e. The van der Waals surface area contributed by atoms with E-state index in [0.717, 1.165) is 20.7 Å². The quantitative estimate of drug-likeness (QED) is 0.658. The van der Waals surface area contributed by atoms with Crippen molar-refractivity contribution in [3.63, 3.8) is 0 Å². The van der Waals surface area contributed by atoms with E-state index in [4.69, 9.17) is 0 Å². The fourth-order valence-corrected chi connectivity index (χ4v) is 6.40. The number of hydrogen-bond acceptors (Lipinski definition) is 4. The standard InChI is InChI=1S/C18H15NOS3/c20-17(16-11-12-4-1-2-7-15(12)23-16)19-14-6-3-5-13(10-14)18-21-8-9-22-18/h1-7,10-11,18H,8-9H2,(H,19,20). The van der Waals surface area contributed by atoms with E-state index in [1.807, 2.05) is 66.0 Å². The van der Waals surface area contributed by atoms with Crippen LogP contribution in [0, 0.1) is 0 Å². The highest BCUT2D eigenvalue weighted by atomic mass is 32.2. The zero-order chi connectivity index (χ0) is 15.6. The molecule has 0 bridgehead atoms. The van der Waals surface area contributed by atoms with E-state index in [9.17, 15) is 4.79 Å². The van der Waals surface area contributed by atoms with Crippen LogP contribution < -0.4 is 5.32 Å². The third-order valence-electron chi connectivity index (χ3n) is 3.69. The molecular formula is C18H15NOS3. The van der Waals surface area contributed by atoms with Gasteiger partial charge in [0, 0.05) is 21.9 Å². The lowest BCUT2D eigenvalue weighted by molar-refractivity contribution is 0.103. The van der Waals surface area contributed by atoms with E-state index >= 15 is 0 Å². The molecule has 0 radical (unpaired) electrons. The first-order valence-corrected chi connectivity index (χ1v) is 10.3.